The Morgan fingerprint density at radius 2 is 1.81 bits per heavy atom. The molecule has 1 aromatic heterocycles. The van der Waals surface area contributed by atoms with Crippen molar-refractivity contribution in [1.82, 2.24) is 10.2 Å². The lowest BCUT2D eigenvalue weighted by Crippen LogP contribution is -2.21. The molecule has 2 aromatic carbocycles. The molecule has 9 heteroatoms. The summed E-state index contributed by atoms with van der Waals surface area (Å²) in [5, 5.41) is 17.3. The third-order valence-electron chi connectivity index (χ3n) is 5.34. The number of hydrogen-bond donors (Lipinski definition) is 2. The number of H-pyrrole nitrogens is 1. The number of rotatable bonds is 6. The number of aromatic amines is 1. The molecule has 0 fully saturated rings. The van der Waals surface area contributed by atoms with Gasteiger partial charge < -0.3 is 29.4 Å². The highest BCUT2D eigenvalue weighted by molar-refractivity contribution is 5.73. The number of aromatic nitrogens is 2. The van der Waals surface area contributed by atoms with Gasteiger partial charge in [0, 0.05) is 11.1 Å². The Labute approximate surface area is 184 Å². The first-order valence-electron chi connectivity index (χ1n) is 9.67. The van der Waals surface area contributed by atoms with Gasteiger partial charge in [-0.1, -0.05) is 18.2 Å². The third-order valence-corrected chi connectivity index (χ3v) is 5.34. The van der Waals surface area contributed by atoms with Crippen LogP contribution in [0.2, 0.25) is 0 Å². The Balaban J connectivity index is 2.00. The maximum absolute atomic E-state index is 9.98. The van der Waals surface area contributed by atoms with Crippen molar-refractivity contribution in [1.29, 1.82) is 5.26 Å². The number of methoxy groups -OCH3 is 4. The molecule has 3 N–H and O–H groups in total. The van der Waals surface area contributed by atoms with Gasteiger partial charge in [0.1, 0.15) is 17.4 Å². The Kier molecular flexibility index (Phi) is 5.52. The van der Waals surface area contributed by atoms with Crippen molar-refractivity contribution in [2.75, 3.05) is 28.4 Å². The van der Waals surface area contributed by atoms with Crippen LogP contribution < -0.4 is 29.4 Å². The zero-order valence-corrected chi connectivity index (χ0v) is 18.1. The molecule has 0 bridgehead atoms. The molecule has 2 heterocycles. The summed E-state index contributed by atoms with van der Waals surface area (Å²) in [4.78, 5) is 0. The first-order valence-corrected chi connectivity index (χ1v) is 9.67. The van der Waals surface area contributed by atoms with E-state index < -0.39 is 5.92 Å². The first kappa shape index (κ1) is 20.9. The molecule has 1 atom stereocenters. The van der Waals surface area contributed by atoms with Crippen LogP contribution in [0, 0.1) is 11.3 Å². The molecule has 0 aliphatic carbocycles. The molecule has 164 valence electrons. The lowest BCUT2D eigenvalue weighted by molar-refractivity contribution is 0.321. The van der Waals surface area contributed by atoms with Crippen molar-refractivity contribution in [2.24, 2.45) is 5.73 Å². The van der Waals surface area contributed by atoms with Gasteiger partial charge in [0.15, 0.2) is 11.5 Å². The van der Waals surface area contributed by atoms with E-state index in [1.807, 2.05) is 30.3 Å². The van der Waals surface area contributed by atoms with Crippen molar-refractivity contribution in [3.8, 4) is 46.2 Å². The van der Waals surface area contributed by atoms with Gasteiger partial charge in [-0.15, -0.1) is 5.10 Å². The predicted molar refractivity (Wildman–Crippen MR) is 116 cm³/mol. The zero-order valence-electron chi connectivity index (χ0n) is 18.1. The molecule has 9 nitrogen and oxygen atoms in total. The highest BCUT2D eigenvalue weighted by Crippen LogP contribution is 2.51. The van der Waals surface area contributed by atoms with E-state index in [0.29, 0.717) is 39.8 Å². The van der Waals surface area contributed by atoms with Crippen LogP contribution >= 0.6 is 0 Å². The average Bonchev–Trinajstić information content (AvgIpc) is 3.25. The molecule has 0 radical (unpaired) electrons. The quantitative estimate of drug-likeness (QED) is 0.605. The molecule has 4 rings (SSSR count). The molecule has 32 heavy (non-hydrogen) atoms. The van der Waals surface area contributed by atoms with E-state index in [2.05, 4.69) is 16.3 Å². The van der Waals surface area contributed by atoms with Crippen LogP contribution in [-0.4, -0.2) is 38.6 Å². The number of ether oxygens (including phenoxy) is 5. The highest BCUT2D eigenvalue weighted by atomic mass is 16.5. The molecular weight excluding hydrogens is 412 g/mol. The van der Waals surface area contributed by atoms with Crippen LogP contribution in [0.25, 0.3) is 11.3 Å². The predicted octanol–water partition coefficient (Wildman–Crippen LogP) is 3.33. The highest BCUT2D eigenvalue weighted by Gasteiger charge is 2.38. The fraction of sp³-hybridized carbons (Fsp3) is 0.217. The third kappa shape index (κ3) is 3.22. The molecule has 3 aromatic rings. The number of nitrogens with one attached hydrogen (secondary N) is 1. The second-order valence-electron chi connectivity index (χ2n) is 6.90. The summed E-state index contributed by atoms with van der Waals surface area (Å²) in [5.41, 5.74) is 9.12. The van der Waals surface area contributed by atoms with Gasteiger partial charge in [-0.05, 0) is 18.2 Å². The smallest absolute Gasteiger partial charge is 0.244 e. The minimum atomic E-state index is -0.626. The Morgan fingerprint density at radius 3 is 2.47 bits per heavy atom. The number of nitriles is 1. The largest absolute Gasteiger partial charge is 0.497 e. The van der Waals surface area contributed by atoms with Crippen LogP contribution in [0.1, 0.15) is 17.0 Å². The first-order chi connectivity index (χ1) is 15.6. The van der Waals surface area contributed by atoms with E-state index in [1.165, 1.54) is 14.2 Å². The molecule has 0 spiro atoms. The van der Waals surface area contributed by atoms with Crippen molar-refractivity contribution >= 4 is 0 Å². The Hall–Kier alpha value is -4.32. The maximum Gasteiger partial charge on any atom is 0.244 e. The van der Waals surface area contributed by atoms with E-state index in [0.717, 1.165) is 5.56 Å². The maximum atomic E-state index is 9.98. The molecule has 1 aliphatic heterocycles. The molecule has 0 saturated heterocycles. The van der Waals surface area contributed by atoms with Crippen molar-refractivity contribution < 1.29 is 23.7 Å². The molecular formula is C23H22N4O5. The van der Waals surface area contributed by atoms with Crippen molar-refractivity contribution in [3.05, 3.63) is 59.0 Å². The fourth-order valence-corrected chi connectivity index (χ4v) is 3.91. The summed E-state index contributed by atoms with van der Waals surface area (Å²) in [6.45, 7) is 0. The monoisotopic (exact) mass is 434 g/mol. The van der Waals surface area contributed by atoms with Gasteiger partial charge in [0.25, 0.3) is 0 Å². The van der Waals surface area contributed by atoms with Gasteiger partial charge in [-0.25, -0.2) is 0 Å². The van der Waals surface area contributed by atoms with E-state index in [4.69, 9.17) is 29.4 Å². The summed E-state index contributed by atoms with van der Waals surface area (Å²) in [7, 11) is 6.19. The number of fused-ring (bicyclic) bond motifs is 1. The summed E-state index contributed by atoms with van der Waals surface area (Å²) in [6, 6.07) is 13.2. The normalized spacial score (nSPS) is 14.8. The lowest BCUT2D eigenvalue weighted by Gasteiger charge is -2.26. The van der Waals surface area contributed by atoms with Crippen LogP contribution in [0.5, 0.6) is 28.9 Å². The minimum absolute atomic E-state index is 0.0227. The van der Waals surface area contributed by atoms with Gasteiger partial charge in [-0.3, -0.25) is 5.10 Å². The minimum Gasteiger partial charge on any atom is -0.497 e. The summed E-state index contributed by atoms with van der Waals surface area (Å²) in [5.74, 6) is 1.63. The SMILES string of the molecule is COc1cccc(-c2[nH]nc3c2C(c2ccc(OC)c(OC)c2OC)C(C#N)=C(N)O3)c1. The van der Waals surface area contributed by atoms with Gasteiger partial charge in [0.05, 0.1) is 45.6 Å². The molecule has 1 unspecified atom stereocenters. The topological polar surface area (TPSA) is 125 Å². The number of nitrogens with two attached hydrogens (primary N) is 1. The number of benzene rings is 2. The zero-order chi connectivity index (χ0) is 22.8. The van der Waals surface area contributed by atoms with E-state index in [-0.39, 0.29) is 17.3 Å². The summed E-state index contributed by atoms with van der Waals surface area (Å²) in [6.07, 6.45) is 0. The van der Waals surface area contributed by atoms with Crippen LogP contribution in [0.15, 0.2) is 47.9 Å². The van der Waals surface area contributed by atoms with Crippen molar-refractivity contribution in [3.63, 3.8) is 0 Å². The van der Waals surface area contributed by atoms with Gasteiger partial charge >= 0.3 is 0 Å². The standard InChI is InChI=1S/C23H22N4O5/c1-28-13-7-5-6-12(10-13)19-18-17(15(11-24)22(25)32-23(18)27-26-19)14-8-9-16(29-2)21(31-4)20(14)30-3/h5-10,17H,25H2,1-4H3,(H,26,27). The van der Waals surface area contributed by atoms with Crippen LogP contribution in [0.4, 0.5) is 0 Å². The summed E-state index contributed by atoms with van der Waals surface area (Å²) >= 11 is 0. The van der Waals surface area contributed by atoms with Crippen LogP contribution in [-0.2, 0) is 0 Å². The second kappa shape index (κ2) is 8.43. The number of allylic oxidation sites excluding steroid dienone is 1. The molecule has 0 saturated carbocycles. The Bertz CT molecular complexity index is 1240. The number of nitrogens with zero attached hydrogens (tertiary/aromatic N) is 2. The Morgan fingerprint density at radius 1 is 1.03 bits per heavy atom. The molecule has 1 aliphatic rings. The number of hydrogen-bond acceptors (Lipinski definition) is 8. The van der Waals surface area contributed by atoms with E-state index in [9.17, 15) is 5.26 Å². The van der Waals surface area contributed by atoms with E-state index in [1.54, 1.807) is 20.3 Å². The van der Waals surface area contributed by atoms with Crippen LogP contribution in [0.3, 0.4) is 0 Å². The van der Waals surface area contributed by atoms with Gasteiger partial charge in [0.2, 0.25) is 17.5 Å². The second-order valence-corrected chi connectivity index (χ2v) is 6.90. The molecule has 0 amide bonds. The fourth-order valence-electron chi connectivity index (χ4n) is 3.91. The summed E-state index contributed by atoms with van der Waals surface area (Å²) < 4.78 is 27.7. The lowest BCUT2D eigenvalue weighted by atomic mass is 9.82. The van der Waals surface area contributed by atoms with Gasteiger partial charge in [-0.2, -0.15) is 5.26 Å². The van der Waals surface area contributed by atoms with E-state index >= 15 is 0 Å². The average molecular weight is 434 g/mol. The van der Waals surface area contributed by atoms with Crippen molar-refractivity contribution in [2.45, 2.75) is 5.92 Å².